The predicted octanol–water partition coefficient (Wildman–Crippen LogP) is 0.683. The summed E-state index contributed by atoms with van der Waals surface area (Å²) in [5.74, 6) is 0.217. The molecule has 0 spiro atoms. The van der Waals surface area contributed by atoms with Gasteiger partial charge in [0, 0.05) is 52.3 Å². The summed E-state index contributed by atoms with van der Waals surface area (Å²) in [6, 6.07) is 0.172. The summed E-state index contributed by atoms with van der Waals surface area (Å²) in [6.07, 6.45) is 2.97. The van der Waals surface area contributed by atoms with E-state index >= 15 is 0 Å². The first-order valence-electron chi connectivity index (χ1n) is 7.40. The molecule has 0 aromatic heterocycles. The van der Waals surface area contributed by atoms with Gasteiger partial charge in [-0.15, -0.1) is 0 Å². The maximum absolute atomic E-state index is 12.2. The lowest BCUT2D eigenvalue weighted by Crippen LogP contribution is -2.48. The zero-order valence-electron chi connectivity index (χ0n) is 12.6. The molecule has 1 amide bonds. The smallest absolute Gasteiger partial charge is 0.224 e. The third-order valence-electron chi connectivity index (χ3n) is 4.12. The van der Waals surface area contributed by atoms with Crippen molar-refractivity contribution in [3.63, 3.8) is 0 Å². The van der Waals surface area contributed by atoms with Gasteiger partial charge in [-0.1, -0.05) is 0 Å². The van der Waals surface area contributed by atoms with Crippen molar-refractivity contribution in [2.24, 2.45) is 5.73 Å². The molecule has 2 N–H and O–H groups in total. The van der Waals surface area contributed by atoms with Crippen LogP contribution in [0, 0.1) is 0 Å². The van der Waals surface area contributed by atoms with Crippen LogP contribution in [0.4, 0.5) is 0 Å². The molecule has 1 atom stereocenters. The van der Waals surface area contributed by atoms with Crippen LogP contribution in [0.2, 0.25) is 0 Å². The predicted molar refractivity (Wildman–Crippen MR) is 77.0 cm³/mol. The molecular formula is C14H29N3O2. The second-order valence-corrected chi connectivity index (χ2v) is 5.13. The van der Waals surface area contributed by atoms with Crippen LogP contribution in [0.15, 0.2) is 0 Å². The Kier molecular flexibility index (Phi) is 7.34. The zero-order valence-corrected chi connectivity index (χ0v) is 12.6. The summed E-state index contributed by atoms with van der Waals surface area (Å²) >= 11 is 0. The highest BCUT2D eigenvalue weighted by Crippen LogP contribution is 2.17. The molecule has 5 heteroatoms. The van der Waals surface area contributed by atoms with E-state index in [9.17, 15) is 4.79 Å². The number of methoxy groups -OCH3 is 1. The summed E-state index contributed by atoms with van der Waals surface area (Å²) in [4.78, 5) is 16.4. The minimum absolute atomic E-state index is 0.172. The molecule has 1 aliphatic rings. The summed E-state index contributed by atoms with van der Waals surface area (Å²) in [5, 5.41) is 0. The van der Waals surface area contributed by atoms with Crippen LogP contribution in [0.1, 0.15) is 33.1 Å². The number of likely N-dealkylation sites (tertiary alicyclic amines) is 1. The molecule has 112 valence electrons. The minimum atomic E-state index is 0.172. The molecule has 0 aliphatic carbocycles. The zero-order chi connectivity index (χ0) is 14.3. The number of nitrogens with zero attached hydrogens (tertiary/aromatic N) is 2. The average molecular weight is 271 g/mol. The van der Waals surface area contributed by atoms with E-state index in [1.165, 1.54) is 0 Å². The topological polar surface area (TPSA) is 58.8 Å². The third-order valence-corrected chi connectivity index (χ3v) is 4.12. The lowest BCUT2D eigenvalue weighted by molar-refractivity contribution is -0.132. The monoisotopic (exact) mass is 271 g/mol. The molecule has 0 aromatic carbocycles. The fraction of sp³-hybridized carbons (Fsp3) is 0.929. The second kappa shape index (κ2) is 8.51. The van der Waals surface area contributed by atoms with E-state index in [0.29, 0.717) is 19.1 Å². The maximum atomic E-state index is 12.2. The number of hydrogen-bond acceptors (Lipinski definition) is 4. The molecular weight excluding hydrogens is 242 g/mol. The van der Waals surface area contributed by atoms with Crippen molar-refractivity contribution < 1.29 is 9.53 Å². The van der Waals surface area contributed by atoms with E-state index in [2.05, 4.69) is 4.90 Å². The largest absolute Gasteiger partial charge is 0.381 e. The van der Waals surface area contributed by atoms with E-state index < -0.39 is 0 Å². The van der Waals surface area contributed by atoms with Crippen LogP contribution < -0.4 is 5.73 Å². The molecule has 0 saturated carbocycles. The van der Waals surface area contributed by atoms with E-state index in [1.807, 2.05) is 18.7 Å². The Bertz CT molecular complexity index is 261. The Morgan fingerprint density at radius 1 is 1.37 bits per heavy atom. The van der Waals surface area contributed by atoms with Gasteiger partial charge in [-0.2, -0.15) is 0 Å². The maximum Gasteiger partial charge on any atom is 0.224 e. The van der Waals surface area contributed by atoms with Gasteiger partial charge in [-0.3, -0.25) is 9.69 Å². The highest BCUT2D eigenvalue weighted by molar-refractivity contribution is 5.76. The number of piperidine rings is 1. The molecule has 0 bridgehead atoms. The number of nitrogens with two attached hydrogens (primary N) is 1. The Hall–Kier alpha value is -0.650. The molecule has 1 aliphatic heterocycles. The van der Waals surface area contributed by atoms with Crippen LogP contribution in [0.3, 0.4) is 0 Å². The van der Waals surface area contributed by atoms with Crippen molar-refractivity contribution >= 4 is 5.91 Å². The second-order valence-electron chi connectivity index (χ2n) is 5.13. The van der Waals surface area contributed by atoms with Crippen LogP contribution in [-0.2, 0) is 9.53 Å². The fourth-order valence-corrected chi connectivity index (χ4v) is 2.75. The SMILES string of the molecule is CCN(CC)C(=O)CC(CN)N1CCC(OC)CC1. The molecule has 1 saturated heterocycles. The van der Waals surface area contributed by atoms with E-state index in [-0.39, 0.29) is 11.9 Å². The quantitative estimate of drug-likeness (QED) is 0.740. The van der Waals surface area contributed by atoms with Crippen molar-refractivity contribution in [1.29, 1.82) is 0 Å². The van der Waals surface area contributed by atoms with E-state index in [4.69, 9.17) is 10.5 Å². The molecule has 0 radical (unpaired) electrons. The van der Waals surface area contributed by atoms with Gasteiger partial charge in [0.05, 0.1) is 6.10 Å². The fourth-order valence-electron chi connectivity index (χ4n) is 2.75. The summed E-state index contributed by atoms with van der Waals surface area (Å²) in [5.41, 5.74) is 5.86. The van der Waals surface area contributed by atoms with Gasteiger partial charge < -0.3 is 15.4 Å². The molecule has 1 fully saturated rings. The Labute approximate surface area is 117 Å². The van der Waals surface area contributed by atoms with E-state index in [0.717, 1.165) is 39.0 Å². The standard InChI is InChI=1S/C14H29N3O2/c1-4-16(5-2)14(18)10-12(11-15)17-8-6-13(19-3)7-9-17/h12-13H,4-11,15H2,1-3H3. The van der Waals surface area contributed by atoms with Gasteiger partial charge in [0.15, 0.2) is 0 Å². The Morgan fingerprint density at radius 2 is 1.95 bits per heavy atom. The number of carbonyl (C=O) groups is 1. The number of rotatable bonds is 7. The number of carbonyl (C=O) groups excluding carboxylic acids is 1. The van der Waals surface area contributed by atoms with Crippen molar-refractivity contribution in [2.45, 2.75) is 45.3 Å². The van der Waals surface area contributed by atoms with Crippen molar-refractivity contribution in [3.8, 4) is 0 Å². The Balaban J connectivity index is 2.47. The average Bonchev–Trinajstić information content (AvgIpc) is 2.46. The highest BCUT2D eigenvalue weighted by atomic mass is 16.5. The lowest BCUT2D eigenvalue weighted by atomic mass is 10.0. The molecule has 5 nitrogen and oxygen atoms in total. The lowest BCUT2D eigenvalue weighted by Gasteiger charge is -2.37. The first kappa shape index (κ1) is 16.4. The summed E-state index contributed by atoms with van der Waals surface area (Å²) < 4.78 is 5.37. The number of hydrogen-bond donors (Lipinski definition) is 1. The molecule has 1 unspecified atom stereocenters. The molecule has 1 heterocycles. The first-order chi connectivity index (χ1) is 9.15. The minimum Gasteiger partial charge on any atom is -0.381 e. The van der Waals surface area contributed by atoms with Gasteiger partial charge in [0.1, 0.15) is 0 Å². The number of amides is 1. The van der Waals surface area contributed by atoms with Crippen LogP contribution >= 0.6 is 0 Å². The molecule has 1 rings (SSSR count). The van der Waals surface area contributed by atoms with E-state index in [1.54, 1.807) is 7.11 Å². The van der Waals surface area contributed by atoms with Gasteiger partial charge in [-0.05, 0) is 26.7 Å². The normalized spacial score (nSPS) is 19.4. The highest BCUT2D eigenvalue weighted by Gasteiger charge is 2.26. The first-order valence-corrected chi connectivity index (χ1v) is 7.40. The number of ether oxygens (including phenoxy) is 1. The van der Waals surface area contributed by atoms with Gasteiger partial charge >= 0.3 is 0 Å². The van der Waals surface area contributed by atoms with Gasteiger partial charge in [-0.25, -0.2) is 0 Å². The van der Waals surface area contributed by atoms with Gasteiger partial charge in [0.2, 0.25) is 5.91 Å². The summed E-state index contributed by atoms with van der Waals surface area (Å²) in [7, 11) is 1.77. The van der Waals surface area contributed by atoms with Crippen molar-refractivity contribution in [1.82, 2.24) is 9.80 Å². The van der Waals surface area contributed by atoms with Crippen LogP contribution in [0.25, 0.3) is 0 Å². The van der Waals surface area contributed by atoms with Crippen LogP contribution in [-0.4, -0.2) is 67.7 Å². The third kappa shape index (κ3) is 4.75. The molecule has 0 aromatic rings. The van der Waals surface area contributed by atoms with Gasteiger partial charge in [0.25, 0.3) is 0 Å². The van der Waals surface area contributed by atoms with Crippen molar-refractivity contribution in [3.05, 3.63) is 0 Å². The molecule has 19 heavy (non-hydrogen) atoms. The van der Waals surface area contributed by atoms with Crippen LogP contribution in [0.5, 0.6) is 0 Å². The Morgan fingerprint density at radius 3 is 2.37 bits per heavy atom. The summed E-state index contributed by atoms with van der Waals surface area (Å²) in [6.45, 7) is 8.09. The van der Waals surface area contributed by atoms with Crippen molar-refractivity contribution in [2.75, 3.05) is 39.8 Å².